The van der Waals surface area contributed by atoms with Gasteiger partial charge < -0.3 is 19.8 Å². The molecule has 0 aromatic carbocycles. The van der Waals surface area contributed by atoms with Crippen molar-refractivity contribution in [3.05, 3.63) is 24.3 Å². The lowest BCUT2D eigenvalue weighted by molar-refractivity contribution is -0.870. The maximum Gasteiger partial charge on any atom is 0.472 e. The number of carbonyl (C=O) groups excluding carboxylic acids is 1. The Morgan fingerprint density at radius 1 is 0.471 bits per heavy atom. The zero-order chi connectivity index (χ0) is 51.3. The Bertz CT molecular complexity index is 1190. The third kappa shape index (κ3) is 54.7. The highest BCUT2D eigenvalue weighted by molar-refractivity contribution is 7.47. The molecule has 3 unspecified atom stereocenters. The number of nitrogens with one attached hydrogen (secondary N) is 1. The largest absolute Gasteiger partial charge is 0.472 e. The molecule has 0 heterocycles. The summed E-state index contributed by atoms with van der Waals surface area (Å²) in [4.78, 5) is 23.2. The Morgan fingerprint density at radius 3 is 1.10 bits per heavy atom. The van der Waals surface area contributed by atoms with E-state index in [1.807, 2.05) is 27.2 Å². The first-order chi connectivity index (χ1) is 34.0. The van der Waals surface area contributed by atoms with Crippen LogP contribution >= 0.6 is 7.82 Å². The first kappa shape index (κ1) is 69.0. The standard InChI is InChI=1S/C61H121N2O6P/c1-6-8-10-12-14-16-18-19-20-21-22-23-24-25-26-27-28-29-30-31-32-33-34-35-36-37-38-39-40-41-42-43-45-47-49-51-53-55-61(65)62-59(58-69-70(66,67)68-57-56-63(3,4)5)60(64)54-52-50-48-46-44-17-15-13-11-9-7-2/h29-30,52,54,59-60,64H,6-28,31-51,53,55-58H2,1-5H3,(H-,62,65,66,67)/p+1/b30-29-,54-52+. The minimum Gasteiger partial charge on any atom is -0.387 e. The van der Waals surface area contributed by atoms with Crippen molar-refractivity contribution in [1.29, 1.82) is 0 Å². The second kappa shape index (κ2) is 52.8. The van der Waals surface area contributed by atoms with Crippen molar-refractivity contribution in [1.82, 2.24) is 5.32 Å². The van der Waals surface area contributed by atoms with E-state index in [2.05, 4.69) is 31.3 Å². The fraction of sp³-hybridized carbons (Fsp3) is 0.918. The van der Waals surface area contributed by atoms with Gasteiger partial charge in [0.05, 0.1) is 39.9 Å². The lowest BCUT2D eigenvalue weighted by Crippen LogP contribution is -2.45. The van der Waals surface area contributed by atoms with E-state index in [1.165, 1.54) is 250 Å². The van der Waals surface area contributed by atoms with Gasteiger partial charge >= 0.3 is 7.82 Å². The van der Waals surface area contributed by atoms with E-state index in [1.54, 1.807) is 6.08 Å². The molecule has 0 aliphatic heterocycles. The zero-order valence-corrected chi connectivity index (χ0v) is 48.4. The molecule has 1 amide bonds. The summed E-state index contributed by atoms with van der Waals surface area (Å²) in [5.74, 6) is -0.173. The number of rotatable bonds is 57. The van der Waals surface area contributed by atoms with Crippen LogP contribution in [0.25, 0.3) is 0 Å². The number of amides is 1. The van der Waals surface area contributed by atoms with Gasteiger partial charge in [-0.15, -0.1) is 0 Å². The molecule has 0 saturated heterocycles. The summed E-state index contributed by atoms with van der Waals surface area (Å²) < 4.78 is 23.6. The van der Waals surface area contributed by atoms with Crippen molar-refractivity contribution in [2.45, 2.75) is 321 Å². The van der Waals surface area contributed by atoms with Crippen LogP contribution in [-0.2, 0) is 18.4 Å². The molecule has 0 radical (unpaired) electrons. The van der Waals surface area contributed by atoms with Crippen LogP contribution in [0.15, 0.2) is 24.3 Å². The number of phosphoric ester groups is 1. The SMILES string of the molecule is CCCCCCCCCCC/C=C/C(O)C(COP(=O)(O)OCC[N+](C)(C)C)NC(=O)CCCCCCCCCCCCCCCCCCC/C=C\CCCCCCCCCCCCCCCCCC. The number of aliphatic hydroxyl groups is 1. The van der Waals surface area contributed by atoms with Crippen LogP contribution in [0.4, 0.5) is 0 Å². The lowest BCUT2D eigenvalue weighted by atomic mass is 10.0. The molecule has 0 aliphatic carbocycles. The van der Waals surface area contributed by atoms with Gasteiger partial charge in [0, 0.05) is 6.42 Å². The van der Waals surface area contributed by atoms with Gasteiger partial charge in [-0.2, -0.15) is 0 Å². The minimum atomic E-state index is -4.34. The predicted octanol–water partition coefficient (Wildman–Crippen LogP) is 18.8. The van der Waals surface area contributed by atoms with E-state index in [9.17, 15) is 19.4 Å². The maximum absolute atomic E-state index is 12.9. The second-order valence-electron chi connectivity index (χ2n) is 22.4. The Kier molecular flexibility index (Phi) is 52.1. The fourth-order valence-electron chi connectivity index (χ4n) is 9.33. The van der Waals surface area contributed by atoms with Crippen LogP contribution < -0.4 is 5.32 Å². The van der Waals surface area contributed by atoms with Gasteiger partial charge in [0.1, 0.15) is 13.2 Å². The number of allylic oxidation sites excluding steroid dienone is 3. The van der Waals surface area contributed by atoms with E-state index in [-0.39, 0.29) is 19.1 Å². The molecule has 0 aromatic rings. The van der Waals surface area contributed by atoms with Crippen LogP contribution in [0, 0.1) is 0 Å². The fourth-order valence-corrected chi connectivity index (χ4v) is 10.1. The normalized spacial score (nSPS) is 14.0. The number of unbranched alkanes of at least 4 members (excludes halogenated alkanes) is 42. The van der Waals surface area contributed by atoms with Gasteiger partial charge in [-0.25, -0.2) is 4.57 Å². The Hall–Kier alpha value is -1.02. The molecule has 3 N–H and O–H groups in total. The Balaban J connectivity index is 3.86. The summed E-state index contributed by atoms with van der Waals surface area (Å²) in [7, 11) is 1.58. The van der Waals surface area contributed by atoms with Crippen LogP contribution in [0.3, 0.4) is 0 Å². The van der Waals surface area contributed by atoms with Crippen LogP contribution in [-0.4, -0.2) is 73.4 Å². The number of aliphatic hydroxyl groups excluding tert-OH is 1. The average molecular weight is 1010 g/mol. The molecule has 70 heavy (non-hydrogen) atoms. The summed E-state index contributed by atoms with van der Waals surface area (Å²) in [6.07, 6.45) is 67.5. The molecule has 0 aliphatic rings. The number of hydrogen-bond donors (Lipinski definition) is 3. The maximum atomic E-state index is 12.9. The number of likely N-dealkylation sites (N-methyl/N-ethyl adjacent to an activating group) is 1. The highest BCUT2D eigenvalue weighted by Crippen LogP contribution is 2.43. The van der Waals surface area contributed by atoms with Crippen molar-refractivity contribution >= 4 is 13.7 Å². The molecule has 0 fully saturated rings. The van der Waals surface area contributed by atoms with Gasteiger partial charge in [-0.3, -0.25) is 13.8 Å². The topological polar surface area (TPSA) is 105 Å². The van der Waals surface area contributed by atoms with Crippen molar-refractivity contribution in [2.75, 3.05) is 40.9 Å². The van der Waals surface area contributed by atoms with E-state index in [4.69, 9.17) is 9.05 Å². The van der Waals surface area contributed by atoms with Crippen LogP contribution in [0.5, 0.6) is 0 Å². The van der Waals surface area contributed by atoms with E-state index in [0.717, 1.165) is 38.5 Å². The van der Waals surface area contributed by atoms with Gasteiger partial charge in [0.25, 0.3) is 0 Å². The van der Waals surface area contributed by atoms with E-state index >= 15 is 0 Å². The van der Waals surface area contributed by atoms with Crippen LogP contribution in [0.2, 0.25) is 0 Å². The molecule has 0 rings (SSSR count). The molecule has 8 nitrogen and oxygen atoms in total. The third-order valence-corrected chi connectivity index (χ3v) is 15.1. The summed E-state index contributed by atoms with van der Waals surface area (Å²) in [5, 5.41) is 13.9. The molecule has 0 bridgehead atoms. The van der Waals surface area contributed by atoms with E-state index < -0.39 is 20.0 Å². The van der Waals surface area contributed by atoms with Gasteiger partial charge in [0.2, 0.25) is 5.91 Å². The number of phosphoric acid groups is 1. The van der Waals surface area contributed by atoms with Crippen molar-refractivity contribution in [3.63, 3.8) is 0 Å². The van der Waals surface area contributed by atoms with Gasteiger partial charge in [-0.05, 0) is 44.9 Å². The number of hydrogen-bond acceptors (Lipinski definition) is 5. The summed E-state index contributed by atoms with van der Waals surface area (Å²) in [5.41, 5.74) is 0. The second-order valence-corrected chi connectivity index (χ2v) is 23.9. The first-order valence-electron chi connectivity index (χ1n) is 30.7. The molecule has 416 valence electrons. The monoisotopic (exact) mass is 1010 g/mol. The zero-order valence-electron chi connectivity index (χ0n) is 47.5. The van der Waals surface area contributed by atoms with E-state index in [0.29, 0.717) is 17.4 Å². The van der Waals surface area contributed by atoms with Crippen molar-refractivity contribution in [3.8, 4) is 0 Å². The van der Waals surface area contributed by atoms with Gasteiger partial charge in [0.15, 0.2) is 0 Å². The summed E-state index contributed by atoms with van der Waals surface area (Å²) in [6.45, 7) is 4.83. The number of quaternary nitrogens is 1. The molecule has 0 aromatic heterocycles. The highest BCUT2D eigenvalue weighted by Gasteiger charge is 2.27. The average Bonchev–Trinajstić information content (AvgIpc) is 3.32. The number of nitrogens with zero attached hydrogens (tertiary/aromatic N) is 1. The Labute approximate surface area is 436 Å². The molecule has 0 saturated carbocycles. The number of carbonyl (C=O) groups is 1. The molecule has 3 atom stereocenters. The summed E-state index contributed by atoms with van der Waals surface area (Å²) in [6, 6.07) is -0.842. The van der Waals surface area contributed by atoms with Gasteiger partial charge in [-0.1, -0.05) is 282 Å². The lowest BCUT2D eigenvalue weighted by Gasteiger charge is -2.25. The minimum absolute atomic E-state index is 0.0635. The molecule has 0 spiro atoms. The van der Waals surface area contributed by atoms with Crippen LogP contribution in [0.1, 0.15) is 309 Å². The van der Waals surface area contributed by atoms with Crippen molar-refractivity contribution in [2.24, 2.45) is 0 Å². The molecular weight excluding hydrogens is 888 g/mol. The smallest absolute Gasteiger partial charge is 0.387 e. The summed E-state index contributed by atoms with van der Waals surface area (Å²) >= 11 is 0. The molecule has 9 heteroatoms. The predicted molar refractivity (Wildman–Crippen MR) is 305 cm³/mol. The third-order valence-electron chi connectivity index (χ3n) is 14.2. The molecular formula is C61H122N2O6P+. The van der Waals surface area contributed by atoms with Crippen molar-refractivity contribution < 1.29 is 32.9 Å². The first-order valence-corrected chi connectivity index (χ1v) is 32.2. The quantitative estimate of drug-likeness (QED) is 0.0243. The highest BCUT2D eigenvalue weighted by atomic mass is 31.2. The Morgan fingerprint density at radius 2 is 0.771 bits per heavy atom.